The number of hydrogen-bond donors (Lipinski definition) is 3. The summed E-state index contributed by atoms with van der Waals surface area (Å²) in [6.07, 6.45) is 7.24. The predicted molar refractivity (Wildman–Crippen MR) is 127 cm³/mol. The van der Waals surface area contributed by atoms with Gasteiger partial charge in [0.2, 0.25) is 0 Å². The van der Waals surface area contributed by atoms with Crippen LogP contribution in [0.15, 0.2) is 54.9 Å². The monoisotopic (exact) mass is 431 g/mol. The minimum atomic E-state index is -0.152. The van der Waals surface area contributed by atoms with E-state index in [1.807, 2.05) is 30.6 Å². The topological polar surface area (TPSA) is 83.0 Å². The third-order valence-electron chi connectivity index (χ3n) is 5.63. The van der Waals surface area contributed by atoms with E-state index in [1.54, 1.807) is 11.3 Å². The summed E-state index contributed by atoms with van der Waals surface area (Å²) in [6, 6.07) is 14.7. The van der Waals surface area contributed by atoms with E-state index in [0.717, 1.165) is 69.4 Å². The maximum atomic E-state index is 9.69. The third-order valence-corrected chi connectivity index (χ3v) is 6.56. The second-order valence-electron chi connectivity index (χ2n) is 8.14. The minimum Gasteiger partial charge on any atom is -0.393 e. The van der Waals surface area contributed by atoms with Crippen molar-refractivity contribution in [2.45, 2.75) is 44.8 Å². The molecule has 3 aromatic heterocycles. The number of aliphatic hydroxyl groups excluding tert-OH is 1. The van der Waals surface area contributed by atoms with Gasteiger partial charge in [-0.15, -0.1) is 0 Å². The molecule has 0 amide bonds. The van der Waals surface area contributed by atoms with Gasteiger partial charge in [-0.1, -0.05) is 23.5 Å². The highest BCUT2D eigenvalue weighted by Gasteiger charge is 2.19. The Morgan fingerprint density at radius 2 is 1.77 bits per heavy atom. The van der Waals surface area contributed by atoms with E-state index in [9.17, 15) is 5.11 Å². The lowest BCUT2D eigenvalue weighted by atomic mass is 9.93. The standard InChI is InChI=1S/C24H25N5OS/c1-15-11-17(14-25-13-15)16-5-10-20-21(12-16)31-24(27-20)29-23-4-2-3-22(28-23)26-18-6-8-19(30)9-7-18/h2-5,10-14,18-19,30H,6-9H2,1H3,(H2,26,27,28,29)/t18-,19-. The molecule has 0 saturated heterocycles. The van der Waals surface area contributed by atoms with Gasteiger partial charge in [-0.05, 0) is 74.1 Å². The third kappa shape index (κ3) is 4.68. The van der Waals surface area contributed by atoms with Crippen molar-refractivity contribution in [2.24, 2.45) is 0 Å². The molecule has 0 atom stereocenters. The lowest BCUT2D eigenvalue weighted by Gasteiger charge is -2.26. The summed E-state index contributed by atoms with van der Waals surface area (Å²) in [5, 5.41) is 17.4. The molecular formula is C24H25N5OS. The fraction of sp³-hybridized carbons (Fsp3) is 0.292. The highest BCUT2D eigenvalue weighted by molar-refractivity contribution is 7.22. The molecular weight excluding hydrogens is 406 g/mol. The zero-order valence-corrected chi connectivity index (χ0v) is 18.2. The SMILES string of the molecule is Cc1cncc(-c2ccc3nc(Nc4cccc(N[C@H]5CC[C@H](O)CC5)n4)sc3c2)c1. The fourth-order valence-electron chi connectivity index (χ4n) is 3.99. The number of aryl methyl sites for hydroxylation is 1. The van der Waals surface area contributed by atoms with E-state index >= 15 is 0 Å². The molecule has 4 aromatic rings. The molecule has 0 aliphatic heterocycles. The molecule has 158 valence electrons. The van der Waals surface area contributed by atoms with Crippen LogP contribution in [-0.4, -0.2) is 32.2 Å². The van der Waals surface area contributed by atoms with Crippen LogP contribution in [0.1, 0.15) is 31.2 Å². The first kappa shape index (κ1) is 19.9. The molecule has 3 N–H and O–H groups in total. The van der Waals surface area contributed by atoms with Gasteiger partial charge in [0, 0.05) is 24.0 Å². The molecule has 0 spiro atoms. The van der Waals surface area contributed by atoms with Crippen molar-refractivity contribution in [3.8, 4) is 11.1 Å². The van der Waals surface area contributed by atoms with Gasteiger partial charge in [-0.2, -0.15) is 0 Å². The molecule has 6 nitrogen and oxygen atoms in total. The number of benzene rings is 1. The maximum absolute atomic E-state index is 9.69. The molecule has 0 radical (unpaired) electrons. The summed E-state index contributed by atoms with van der Waals surface area (Å²) < 4.78 is 1.12. The van der Waals surface area contributed by atoms with Gasteiger partial charge in [-0.25, -0.2) is 9.97 Å². The molecule has 1 aromatic carbocycles. The molecule has 1 fully saturated rings. The van der Waals surface area contributed by atoms with Gasteiger partial charge in [0.25, 0.3) is 0 Å². The van der Waals surface area contributed by atoms with E-state index in [0.29, 0.717) is 6.04 Å². The van der Waals surface area contributed by atoms with Crippen LogP contribution in [0, 0.1) is 6.92 Å². The second kappa shape index (κ2) is 8.61. The predicted octanol–water partition coefficient (Wildman–Crippen LogP) is 5.52. The molecule has 31 heavy (non-hydrogen) atoms. The first-order chi connectivity index (χ1) is 15.1. The average molecular weight is 432 g/mol. The Morgan fingerprint density at radius 1 is 0.935 bits per heavy atom. The summed E-state index contributed by atoms with van der Waals surface area (Å²) >= 11 is 1.62. The number of fused-ring (bicyclic) bond motifs is 1. The number of rotatable bonds is 5. The van der Waals surface area contributed by atoms with E-state index in [1.165, 1.54) is 0 Å². The maximum Gasteiger partial charge on any atom is 0.189 e. The number of thiazole rings is 1. The van der Waals surface area contributed by atoms with E-state index in [2.05, 4.69) is 46.8 Å². The van der Waals surface area contributed by atoms with Gasteiger partial charge >= 0.3 is 0 Å². The summed E-state index contributed by atoms with van der Waals surface area (Å²) in [5.74, 6) is 1.62. The Hall–Kier alpha value is -3.03. The van der Waals surface area contributed by atoms with Gasteiger partial charge < -0.3 is 15.7 Å². The molecule has 0 unspecified atom stereocenters. The van der Waals surface area contributed by atoms with Crippen LogP contribution in [-0.2, 0) is 0 Å². The number of nitrogens with zero attached hydrogens (tertiary/aromatic N) is 3. The number of aliphatic hydroxyl groups is 1. The zero-order valence-electron chi connectivity index (χ0n) is 17.4. The summed E-state index contributed by atoms with van der Waals surface area (Å²) in [4.78, 5) is 13.7. The number of hydrogen-bond acceptors (Lipinski definition) is 7. The molecule has 1 saturated carbocycles. The average Bonchev–Trinajstić information content (AvgIpc) is 3.17. The van der Waals surface area contributed by atoms with Crippen LogP contribution in [0.4, 0.5) is 16.8 Å². The second-order valence-corrected chi connectivity index (χ2v) is 9.17. The van der Waals surface area contributed by atoms with Gasteiger partial charge in [0.15, 0.2) is 5.13 Å². The van der Waals surface area contributed by atoms with Crippen LogP contribution in [0.5, 0.6) is 0 Å². The van der Waals surface area contributed by atoms with Crippen LogP contribution in [0.25, 0.3) is 21.3 Å². The fourth-order valence-corrected chi connectivity index (χ4v) is 4.91. The Bertz CT molecular complexity index is 1200. The summed E-state index contributed by atoms with van der Waals surface area (Å²) in [5.41, 5.74) is 4.36. The van der Waals surface area contributed by atoms with Crippen LogP contribution in [0.3, 0.4) is 0 Å². The summed E-state index contributed by atoms with van der Waals surface area (Å²) in [7, 11) is 0. The van der Waals surface area contributed by atoms with Crippen molar-refractivity contribution in [1.82, 2.24) is 15.0 Å². The summed E-state index contributed by atoms with van der Waals surface area (Å²) in [6.45, 7) is 2.05. The normalized spacial score (nSPS) is 18.8. The minimum absolute atomic E-state index is 0.152. The molecule has 7 heteroatoms. The van der Waals surface area contributed by atoms with E-state index < -0.39 is 0 Å². The Morgan fingerprint density at radius 3 is 2.61 bits per heavy atom. The van der Waals surface area contributed by atoms with E-state index in [-0.39, 0.29) is 6.10 Å². The van der Waals surface area contributed by atoms with Crippen molar-refractivity contribution in [1.29, 1.82) is 0 Å². The highest BCUT2D eigenvalue weighted by Crippen LogP contribution is 2.32. The first-order valence-corrected chi connectivity index (χ1v) is 11.5. The molecule has 1 aliphatic rings. The number of nitrogens with one attached hydrogen (secondary N) is 2. The lowest BCUT2D eigenvalue weighted by molar-refractivity contribution is 0.126. The zero-order chi connectivity index (χ0) is 21.2. The molecule has 0 bridgehead atoms. The Labute approximate surface area is 185 Å². The van der Waals surface area contributed by atoms with Crippen LogP contribution >= 0.6 is 11.3 Å². The van der Waals surface area contributed by atoms with Crippen molar-refractivity contribution >= 4 is 38.3 Å². The Balaban J connectivity index is 1.32. The molecule has 3 heterocycles. The number of pyridine rings is 2. The van der Waals surface area contributed by atoms with Crippen LogP contribution in [0.2, 0.25) is 0 Å². The van der Waals surface area contributed by atoms with Crippen molar-refractivity contribution in [3.63, 3.8) is 0 Å². The van der Waals surface area contributed by atoms with Gasteiger partial charge in [-0.3, -0.25) is 4.98 Å². The highest BCUT2D eigenvalue weighted by atomic mass is 32.1. The molecule has 1 aliphatic carbocycles. The first-order valence-electron chi connectivity index (χ1n) is 10.6. The lowest BCUT2D eigenvalue weighted by Crippen LogP contribution is -2.28. The molecule has 5 rings (SSSR count). The van der Waals surface area contributed by atoms with E-state index in [4.69, 9.17) is 9.97 Å². The Kier molecular flexibility index (Phi) is 5.53. The largest absolute Gasteiger partial charge is 0.393 e. The smallest absolute Gasteiger partial charge is 0.189 e. The van der Waals surface area contributed by atoms with Gasteiger partial charge in [0.05, 0.1) is 16.3 Å². The van der Waals surface area contributed by atoms with Crippen molar-refractivity contribution < 1.29 is 5.11 Å². The van der Waals surface area contributed by atoms with Crippen LogP contribution < -0.4 is 10.6 Å². The number of anilines is 3. The van der Waals surface area contributed by atoms with Crippen molar-refractivity contribution in [3.05, 3.63) is 60.4 Å². The van der Waals surface area contributed by atoms with Gasteiger partial charge in [0.1, 0.15) is 11.6 Å². The van der Waals surface area contributed by atoms with Crippen molar-refractivity contribution in [2.75, 3.05) is 10.6 Å². The number of aromatic nitrogens is 3. The quantitative estimate of drug-likeness (QED) is 0.386.